The molecule has 0 heterocycles. The van der Waals surface area contributed by atoms with Crippen LogP contribution < -0.4 is 0 Å². The molecule has 0 bridgehead atoms. The number of hydrogen-bond donors (Lipinski definition) is 4. The standard InChI is InChI=1S/Fe.Li.H4O7P2.H/c;;1-8(2,3)7-9(4,5)6;/h;;(H2,1,2,3)(H2,4,5,6);. The first-order chi connectivity index (χ1) is 3.71. The van der Waals surface area contributed by atoms with Crippen molar-refractivity contribution in [2.24, 2.45) is 0 Å². The molecule has 0 unspecified atom stereocenters. The molecule has 0 aromatic carbocycles. The van der Waals surface area contributed by atoms with Crippen molar-refractivity contribution in [1.82, 2.24) is 0 Å². The van der Waals surface area contributed by atoms with E-state index in [2.05, 4.69) is 4.31 Å². The fourth-order valence-corrected chi connectivity index (χ4v) is 1.25. The normalized spacial score (nSPS) is 11.3. The Hall–Kier alpha value is 1.38. The minimum absolute atomic E-state index is 0. The molecule has 0 atom stereocenters. The molecule has 0 radical (unpaired) electrons. The summed E-state index contributed by atoms with van der Waals surface area (Å²) in [5.74, 6) is 0. The molecule has 7 nitrogen and oxygen atoms in total. The monoisotopic (exact) mass is 242 g/mol. The van der Waals surface area contributed by atoms with E-state index in [1.54, 1.807) is 0 Å². The molecule has 0 aliphatic heterocycles. The van der Waals surface area contributed by atoms with E-state index >= 15 is 0 Å². The van der Waals surface area contributed by atoms with Crippen LogP contribution in [0.15, 0.2) is 0 Å². The van der Waals surface area contributed by atoms with Crippen LogP contribution in [0.4, 0.5) is 0 Å². The molecule has 66 valence electrons. The van der Waals surface area contributed by atoms with Gasteiger partial charge in [-0.05, 0) is 0 Å². The van der Waals surface area contributed by atoms with Crippen molar-refractivity contribution in [2.45, 2.75) is 0 Å². The molecule has 0 saturated carbocycles. The van der Waals surface area contributed by atoms with Crippen LogP contribution in [-0.2, 0) is 30.5 Å². The van der Waals surface area contributed by atoms with Crippen LogP contribution in [0.5, 0.6) is 0 Å². The van der Waals surface area contributed by atoms with Gasteiger partial charge < -0.3 is 19.6 Å². The first-order valence-corrected chi connectivity index (χ1v) is 4.59. The van der Waals surface area contributed by atoms with Gasteiger partial charge in [-0.3, -0.25) is 0 Å². The molecule has 0 aromatic heterocycles. The van der Waals surface area contributed by atoms with Gasteiger partial charge in [0.05, 0.1) is 0 Å². The van der Waals surface area contributed by atoms with Crippen molar-refractivity contribution in [3.8, 4) is 0 Å². The first kappa shape index (κ1) is 18.2. The molecular weight excluding hydrogens is 237 g/mol. The van der Waals surface area contributed by atoms with E-state index in [9.17, 15) is 9.13 Å². The van der Waals surface area contributed by atoms with Gasteiger partial charge >= 0.3 is 34.5 Å². The maximum atomic E-state index is 9.63. The van der Waals surface area contributed by atoms with Crippen LogP contribution in [0.1, 0.15) is 0 Å². The Labute approximate surface area is 84.7 Å². The molecule has 0 saturated heterocycles. The quantitative estimate of drug-likeness (QED) is 0.344. The van der Waals surface area contributed by atoms with Gasteiger partial charge in [0.25, 0.3) is 0 Å². The molecule has 0 aliphatic rings. The molecule has 0 rings (SSSR count). The van der Waals surface area contributed by atoms with Gasteiger partial charge in [0.1, 0.15) is 0 Å². The molecule has 11 heteroatoms. The van der Waals surface area contributed by atoms with E-state index in [1.165, 1.54) is 0 Å². The zero-order valence-corrected chi connectivity index (χ0v) is 7.15. The molecule has 4 N–H and O–H groups in total. The van der Waals surface area contributed by atoms with E-state index in [4.69, 9.17) is 19.6 Å². The van der Waals surface area contributed by atoms with Gasteiger partial charge in [-0.2, -0.15) is 4.31 Å². The second-order valence-corrected chi connectivity index (χ2v) is 3.68. The Balaban J connectivity index is -0.000000320. The predicted molar refractivity (Wildman–Crippen MR) is 32.3 cm³/mol. The molecular formula is H5FeLiO7P2. The molecule has 0 aromatic rings. The van der Waals surface area contributed by atoms with Crippen LogP contribution in [0.2, 0.25) is 0 Å². The fraction of sp³-hybridized carbons (Fsp3) is 0. The van der Waals surface area contributed by atoms with E-state index in [0.29, 0.717) is 0 Å². The molecule has 11 heavy (non-hydrogen) atoms. The van der Waals surface area contributed by atoms with E-state index < -0.39 is 15.6 Å². The summed E-state index contributed by atoms with van der Waals surface area (Å²) in [6, 6.07) is 0. The van der Waals surface area contributed by atoms with Crippen LogP contribution >= 0.6 is 15.6 Å². The van der Waals surface area contributed by atoms with Gasteiger partial charge in [0.2, 0.25) is 0 Å². The zero-order valence-electron chi connectivity index (χ0n) is 4.26. The summed E-state index contributed by atoms with van der Waals surface area (Å²) < 4.78 is 22.2. The summed E-state index contributed by atoms with van der Waals surface area (Å²) in [7, 11) is -10.1. The summed E-state index contributed by atoms with van der Waals surface area (Å²) in [6.45, 7) is 0. The van der Waals surface area contributed by atoms with Crippen molar-refractivity contribution in [3.05, 3.63) is 0 Å². The van der Waals surface area contributed by atoms with Crippen molar-refractivity contribution in [1.29, 1.82) is 0 Å². The minimum atomic E-state index is -5.05. The van der Waals surface area contributed by atoms with E-state index in [0.717, 1.165) is 0 Å². The Morgan fingerprint density at radius 3 is 1.09 bits per heavy atom. The average Bonchev–Trinajstić information content (AvgIpc) is 1.14. The van der Waals surface area contributed by atoms with Gasteiger partial charge in [-0.1, -0.05) is 0 Å². The fourth-order valence-electron chi connectivity index (χ4n) is 0.139. The summed E-state index contributed by atoms with van der Waals surface area (Å²) in [5, 5.41) is 0. The van der Waals surface area contributed by atoms with E-state index in [1.807, 2.05) is 0 Å². The average molecular weight is 242 g/mol. The second-order valence-electron chi connectivity index (χ2n) is 1.06. The summed E-state index contributed by atoms with van der Waals surface area (Å²) in [6.07, 6.45) is 0. The third-order valence-corrected chi connectivity index (χ3v) is 1.91. The van der Waals surface area contributed by atoms with Crippen LogP contribution in [0, 0.1) is 0 Å². The van der Waals surface area contributed by atoms with Crippen LogP contribution in [0.25, 0.3) is 0 Å². The first-order valence-electron chi connectivity index (χ1n) is 1.53. The Morgan fingerprint density at radius 2 is 1.09 bits per heavy atom. The van der Waals surface area contributed by atoms with Crippen molar-refractivity contribution in [2.75, 3.05) is 0 Å². The number of rotatable bonds is 2. The Morgan fingerprint density at radius 1 is 0.909 bits per heavy atom. The van der Waals surface area contributed by atoms with Crippen LogP contribution in [0.3, 0.4) is 0 Å². The van der Waals surface area contributed by atoms with Gasteiger partial charge in [0, 0.05) is 17.1 Å². The predicted octanol–water partition coefficient (Wildman–Crippen LogP) is -1.46. The summed E-state index contributed by atoms with van der Waals surface area (Å²) >= 11 is 0. The third kappa shape index (κ3) is 18.4. The maximum absolute atomic E-state index is 9.63. The Kier molecular flexibility index (Phi) is 9.82. The SMILES string of the molecule is O=P(O)(O)OP(=O)(O)O.[Fe].[LiH]. The number of phosphoric acid groups is 2. The number of hydrogen-bond acceptors (Lipinski definition) is 3. The zero-order chi connectivity index (χ0) is 7.71. The van der Waals surface area contributed by atoms with Gasteiger partial charge in [-0.25, -0.2) is 9.13 Å². The van der Waals surface area contributed by atoms with Gasteiger partial charge in [0.15, 0.2) is 0 Å². The summed E-state index contributed by atoms with van der Waals surface area (Å²) in [5.41, 5.74) is 0. The second kappa shape index (κ2) is 5.93. The molecule has 0 fully saturated rings. The van der Waals surface area contributed by atoms with Crippen LogP contribution in [-0.4, -0.2) is 38.4 Å². The molecule has 0 amide bonds. The Bertz CT molecular complexity index is 157. The molecule has 0 aliphatic carbocycles. The van der Waals surface area contributed by atoms with Crippen molar-refractivity contribution < 1.29 is 50.1 Å². The van der Waals surface area contributed by atoms with Crippen molar-refractivity contribution in [3.63, 3.8) is 0 Å². The van der Waals surface area contributed by atoms with Gasteiger partial charge in [-0.15, -0.1) is 0 Å². The topological polar surface area (TPSA) is 124 Å². The van der Waals surface area contributed by atoms with Crippen molar-refractivity contribution >= 4 is 34.5 Å². The third-order valence-electron chi connectivity index (χ3n) is 0.213. The molecule has 0 spiro atoms. The van der Waals surface area contributed by atoms with E-state index in [-0.39, 0.29) is 35.9 Å². The summed E-state index contributed by atoms with van der Waals surface area (Å²) in [4.78, 5) is 31.0.